The summed E-state index contributed by atoms with van der Waals surface area (Å²) in [4.78, 5) is 10.9. The molecule has 0 amide bonds. The van der Waals surface area contributed by atoms with E-state index in [1.807, 2.05) is 0 Å². The molecule has 0 saturated heterocycles. The normalized spacial score (nSPS) is 14.9. The van der Waals surface area contributed by atoms with E-state index in [4.69, 9.17) is 14.6 Å². The maximum absolute atomic E-state index is 14.1. The van der Waals surface area contributed by atoms with Crippen LogP contribution < -0.4 is 9.47 Å². The van der Waals surface area contributed by atoms with Gasteiger partial charge in [0.1, 0.15) is 5.82 Å². The van der Waals surface area contributed by atoms with Crippen molar-refractivity contribution in [2.45, 2.75) is 32.1 Å². The smallest absolute Gasteiger partial charge is 0.304 e. The Kier molecular flexibility index (Phi) is 3.64. The van der Waals surface area contributed by atoms with Crippen LogP contribution in [0.25, 0.3) is 0 Å². The Morgan fingerprint density at radius 1 is 1.32 bits per heavy atom. The molecule has 0 saturated carbocycles. The highest BCUT2D eigenvalue weighted by Gasteiger charge is 2.29. The molecule has 19 heavy (non-hydrogen) atoms. The number of halogens is 1. The van der Waals surface area contributed by atoms with Crippen molar-refractivity contribution in [1.29, 1.82) is 0 Å². The Labute approximate surface area is 111 Å². The van der Waals surface area contributed by atoms with E-state index in [0.29, 0.717) is 30.3 Å². The number of ether oxygens (including phenoxy) is 2. The van der Waals surface area contributed by atoms with Gasteiger partial charge in [-0.15, -0.1) is 0 Å². The summed E-state index contributed by atoms with van der Waals surface area (Å²) in [6.45, 7) is 4.40. The minimum absolute atomic E-state index is 0.149. The molecule has 4 nitrogen and oxygen atoms in total. The second-order valence-electron chi connectivity index (χ2n) is 5.28. The van der Waals surface area contributed by atoms with Gasteiger partial charge in [-0.25, -0.2) is 4.39 Å². The van der Waals surface area contributed by atoms with E-state index in [-0.39, 0.29) is 6.42 Å². The van der Waals surface area contributed by atoms with Crippen LogP contribution in [0, 0.1) is 5.82 Å². The van der Waals surface area contributed by atoms with Gasteiger partial charge in [0.2, 0.25) is 0 Å². The van der Waals surface area contributed by atoms with Gasteiger partial charge in [-0.05, 0) is 11.6 Å². The average molecular weight is 268 g/mol. The molecular weight excluding hydrogens is 251 g/mol. The third-order valence-electron chi connectivity index (χ3n) is 3.16. The van der Waals surface area contributed by atoms with Crippen molar-refractivity contribution < 1.29 is 23.8 Å². The van der Waals surface area contributed by atoms with Gasteiger partial charge < -0.3 is 14.6 Å². The molecule has 0 unspecified atom stereocenters. The van der Waals surface area contributed by atoms with Crippen molar-refractivity contribution in [1.82, 2.24) is 0 Å². The molecule has 1 heterocycles. The Morgan fingerprint density at radius 3 is 2.47 bits per heavy atom. The van der Waals surface area contributed by atoms with E-state index in [0.717, 1.165) is 6.42 Å². The minimum Gasteiger partial charge on any atom is -0.490 e. The number of benzene rings is 1. The number of carboxylic acid groups (broad SMARTS) is 1. The van der Waals surface area contributed by atoms with Crippen LogP contribution in [-0.4, -0.2) is 24.3 Å². The average Bonchev–Trinajstić information content (AvgIpc) is 2.50. The van der Waals surface area contributed by atoms with Crippen LogP contribution in [0.5, 0.6) is 11.5 Å². The first-order valence-electron chi connectivity index (χ1n) is 6.21. The lowest BCUT2D eigenvalue weighted by atomic mass is 9.81. The highest BCUT2D eigenvalue weighted by molar-refractivity contribution is 5.69. The zero-order chi connectivity index (χ0) is 14.0. The molecule has 104 valence electrons. The highest BCUT2D eigenvalue weighted by Crippen LogP contribution is 2.38. The fourth-order valence-corrected chi connectivity index (χ4v) is 2.18. The number of rotatable bonds is 3. The van der Waals surface area contributed by atoms with Gasteiger partial charge in [-0.2, -0.15) is 0 Å². The number of carbonyl (C=O) groups is 1. The second kappa shape index (κ2) is 5.07. The molecule has 0 fully saturated rings. The highest BCUT2D eigenvalue weighted by atomic mass is 19.1. The van der Waals surface area contributed by atoms with Gasteiger partial charge in [-0.1, -0.05) is 13.8 Å². The van der Waals surface area contributed by atoms with Crippen LogP contribution >= 0.6 is 0 Å². The molecule has 1 N–H and O–H groups in total. The van der Waals surface area contributed by atoms with Gasteiger partial charge >= 0.3 is 5.97 Å². The van der Waals surface area contributed by atoms with E-state index in [1.54, 1.807) is 19.9 Å². The summed E-state index contributed by atoms with van der Waals surface area (Å²) in [5.74, 6) is -0.566. The van der Waals surface area contributed by atoms with E-state index >= 15 is 0 Å². The Hall–Kier alpha value is -1.78. The SMILES string of the molecule is CC(C)(CC(=O)O)c1cc2c(cc1F)OCCCO2. The molecule has 1 aromatic rings. The molecule has 1 aliphatic rings. The molecule has 0 radical (unpaired) electrons. The summed E-state index contributed by atoms with van der Waals surface area (Å²) in [5, 5.41) is 8.91. The number of hydrogen-bond acceptors (Lipinski definition) is 3. The minimum atomic E-state index is -0.962. The Bertz CT molecular complexity index is 496. The third-order valence-corrected chi connectivity index (χ3v) is 3.16. The van der Waals surface area contributed by atoms with Crippen LogP contribution in [0.2, 0.25) is 0 Å². The maximum Gasteiger partial charge on any atom is 0.304 e. The topological polar surface area (TPSA) is 55.8 Å². The lowest BCUT2D eigenvalue weighted by molar-refractivity contribution is -0.138. The van der Waals surface area contributed by atoms with E-state index < -0.39 is 17.2 Å². The molecule has 0 aromatic heterocycles. The zero-order valence-electron chi connectivity index (χ0n) is 11.0. The summed E-state index contributed by atoms with van der Waals surface area (Å²) in [6.07, 6.45) is 0.591. The molecule has 0 aliphatic carbocycles. The van der Waals surface area contributed by atoms with Crippen LogP contribution in [0.3, 0.4) is 0 Å². The molecule has 1 aliphatic heterocycles. The molecule has 0 bridgehead atoms. The monoisotopic (exact) mass is 268 g/mol. The van der Waals surface area contributed by atoms with Crippen molar-refractivity contribution in [2.75, 3.05) is 13.2 Å². The summed E-state index contributed by atoms with van der Waals surface area (Å²) in [7, 11) is 0. The number of fused-ring (bicyclic) bond motifs is 1. The lowest BCUT2D eigenvalue weighted by Gasteiger charge is -2.24. The fourth-order valence-electron chi connectivity index (χ4n) is 2.18. The lowest BCUT2D eigenvalue weighted by Crippen LogP contribution is -2.23. The molecule has 0 atom stereocenters. The van der Waals surface area contributed by atoms with E-state index in [9.17, 15) is 9.18 Å². The van der Waals surface area contributed by atoms with Crippen LogP contribution in [0.1, 0.15) is 32.3 Å². The molecule has 2 rings (SSSR count). The van der Waals surface area contributed by atoms with Gasteiger partial charge in [0.15, 0.2) is 11.5 Å². The van der Waals surface area contributed by atoms with Crippen molar-refractivity contribution in [3.63, 3.8) is 0 Å². The summed E-state index contributed by atoms with van der Waals surface area (Å²) in [6, 6.07) is 2.83. The van der Waals surface area contributed by atoms with Crippen LogP contribution in [0.4, 0.5) is 4.39 Å². The number of carboxylic acids is 1. The molecule has 1 aromatic carbocycles. The second-order valence-corrected chi connectivity index (χ2v) is 5.28. The van der Waals surface area contributed by atoms with Crippen LogP contribution in [0.15, 0.2) is 12.1 Å². The first kappa shape index (κ1) is 13.6. The van der Waals surface area contributed by atoms with Gasteiger partial charge in [0.25, 0.3) is 0 Å². The van der Waals surface area contributed by atoms with Crippen molar-refractivity contribution in [2.24, 2.45) is 0 Å². The Balaban J connectivity index is 2.41. The van der Waals surface area contributed by atoms with Crippen molar-refractivity contribution in [3.8, 4) is 11.5 Å². The van der Waals surface area contributed by atoms with Gasteiger partial charge in [0.05, 0.1) is 19.6 Å². The van der Waals surface area contributed by atoms with E-state index in [1.165, 1.54) is 6.07 Å². The predicted octanol–water partition coefficient (Wildman–Crippen LogP) is 2.74. The molecular formula is C14H17FO4. The van der Waals surface area contributed by atoms with E-state index in [2.05, 4.69) is 0 Å². The summed E-state index contributed by atoms with van der Waals surface area (Å²) >= 11 is 0. The standard InChI is InChI=1S/C14H17FO4/c1-14(2,8-13(16)17)9-6-11-12(7-10(9)15)19-5-3-4-18-11/h6-7H,3-5,8H2,1-2H3,(H,16,17). The zero-order valence-corrected chi connectivity index (χ0v) is 11.0. The summed E-state index contributed by atoms with van der Waals surface area (Å²) in [5.41, 5.74) is -0.472. The first-order valence-corrected chi connectivity index (χ1v) is 6.21. The largest absolute Gasteiger partial charge is 0.490 e. The van der Waals surface area contributed by atoms with Crippen LogP contribution in [-0.2, 0) is 10.2 Å². The fraction of sp³-hybridized carbons (Fsp3) is 0.500. The number of hydrogen-bond donors (Lipinski definition) is 1. The first-order chi connectivity index (χ1) is 8.90. The molecule has 5 heteroatoms. The van der Waals surface area contributed by atoms with Crippen molar-refractivity contribution >= 4 is 5.97 Å². The number of aliphatic carboxylic acids is 1. The van der Waals surface area contributed by atoms with Gasteiger partial charge in [-0.3, -0.25) is 4.79 Å². The quantitative estimate of drug-likeness (QED) is 0.915. The third kappa shape index (κ3) is 2.97. The molecule has 0 spiro atoms. The van der Waals surface area contributed by atoms with Crippen molar-refractivity contribution in [3.05, 3.63) is 23.5 Å². The maximum atomic E-state index is 14.1. The Morgan fingerprint density at radius 2 is 1.89 bits per heavy atom. The summed E-state index contributed by atoms with van der Waals surface area (Å²) < 4.78 is 25.0. The van der Waals surface area contributed by atoms with Gasteiger partial charge in [0, 0.05) is 17.9 Å². The predicted molar refractivity (Wildman–Crippen MR) is 67.3 cm³/mol.